The van der Waals surface area contributed by atoms with Crippen molar-refractivity contribution in [3.63, 3.8) is 0 Å². The van der Waals surface area contributed by atoms with Crippen LogP contribution in [0.5, 0.6) is 0 Å². The molecule has 1 rings (SSSR count). The fraction of sp³-hybridized carbons (Fsp3) is 0.400. The second-order valence-electron chi connectivity index (χ2n) is 4.12. The van der Waals surface area contributed by atoms with Crippen LogP contribution in [-0.4, -0.2) is 5.54 Å². The second kappa shape index (κ2) is 3.81. The molecule has 0 radical (unpaired) electrons. The van der Waals surface area contributed by atoms with Gasteiger partial charge in [-0.1, -0.05) is 0 Å². The number of halogens is 4. The first-order valence-corrected chi connectivity index (χ1v) is 4.33. The van der Waals surface area contributed by atoms with Gasteiger partial charge in [0.2, 0.25) is 0 Å². The van der Waals surface area contributed by atoms with Gasteiger partial charge < -0.3 is 5.73 Å². The van der Waals surface area contributed by atoms with Crippen LogP contribution in [0.25, 0.3) is 0 Å². The summed E-state index contributed by atoms with van der Waals surface area (Å²) in [5.41, 5.74) is 4.48. The third-order valence-electron chi connectivity index (χ3n) is 1.82. The van der Waals surface area contributed by atoms with E-state index < -0.39 is 28.8 Å². The average molecular weight is 221 g/mol. The van der Waals surface area contributed by atoms with Gasteiger partial charge in [-0.2, -0.15) is 0 Å². The molecule has 0 fully saturated rings. The summed E-state index contributed by atoms with van der Waals surface area (Å²) in [6, 6.07) is 0.627. The highest BCUT2D eigenvalue weighted by atomic mass is 19.2. The molecule has 0 spiro atoms. The minimum absolute atomic E-state index is 0.0764. The zero-order valence-corrected chi connectivity index (χ0v) is 8.37. The molecule has 1 aromatic carbocycles. The van der Waals surface area contributed by atoms with Crippen LogP contribution in [0.3, 0.4) is 0 Å². The first-order chi connectivity index (χ1) is 6.72. The SMILES string of the molecule is CC(C)(N)Cc1cc(F)c(F)c(F)c1F. The Bertz CT molecular complexity index is 382. The lowest BCUT2D eigenvalue weighted by atomic mass is 9.95. The summed E-state index contributed by atoms with van der Waals surface area (Å²) in [5, 5.41) is 0. The zero-order chi connectivity index (χ0) is 11.8. The lowest BCUT2D eigenvalue weighted by Gasteiger charge is -2.18. The first kappa shape index (κ1) is 12.0. The van der Waals surface area contributed by atoms with E-state index >= 15 is 0 Å². The molecule has 0 saturated carbocycles. The van der Waals surface area contributed by atoms with Crippen molar-refractivity contribution in [3.05, 3.63) is 34.9 Å². The lowest BCUT2D eigenvalue weighted by molar-refractivity contribution is 0.396. The molecule has 0 unspecified atom stereocenters. The Morgan fingerprint density at radius 2 is 1.60 bits per heavy atom. The summed E-state index contributed by atoms with van der Waals surface area (Å²) < 4.78 is 51.3. The van der Waals surface area contributed by atoms with E-state index in [9.17, 15) is 17.6 Å². The Morgan fingerprint density at radius 3 is 2.07 bits per heavy atom. The molecule has 0 aliphatic rings. The lowest BCUT2D eigenvalue weighted by Crippen LogP contribution is -2.35. The average Bonchev–Trinajstić information content (AvgIpc) is 2.08. The summed E-state index contributed by atoms with van der Waals surface area (Å²) in [4.78, 5) is 0. The molecule has 0 heterocycles. The minimum Gasteiger partial charge on any atom is -0.325 e. The highest BCUT2D eigenvalue weighted by molar-refractivity contribution is 5.23. The van der Waals surface area contributed by atoms with Gasteiger partial charge in [-0.15, -0.1) is 0 Å². The van der Waals surface area contributed by atoms with E-state index in [2.05, 4.69) is 0 Å². The van der Waals surface area contributed by atoms with Crippen LogP contribution in [0.4, 0.5) is 17.6 Å². The molecule has 1 aromatic rings. The van der Waals surface area contributed by atoms with Crippen LogP contribution in [-0.2, 0) is 6.42 Å². The van der Waals surface area contributed by atoms with E-state index in [0.29, 0.717) is 6.07 Å². The van der Waals surface area contributed by atoms with Crippen LogP contribution >= 0.6 is 0 Å². The van der Waals surface area contributed by atoms with E-state index in [1.165, 1.54) is 0 Å². The normalized spacial score (nSPS) is 11.9. The third kappa shape index (κ3) is 2.68. The van der Waals surface area contributed by atoms with E-state index in [0.717, 1.165) is 0 Å². The molecule has 0 aliphatic heterocycles. The number of rotatable bonds is 2. The first-order valence-electron chi connectivity index (χ1n) is 4.33. The molecule has 5 heteroatoms. The number of nitrogens with two attached hydrogens (primary N) is 1. The van der Waals surface area contributed by atoms with Crippen molar-refractivity contribution >= 4 is 0 Å². The predicted molar refractivity (Wildman–Crippen MR) is 48.2 cm³/mol. The van der Waals surface area contributed by atoms with Gasteiger partial charge in [-0.3, -0.25) is 0 Å². The molecule has 1 nitrogen and oxygen atoms in total. The van der Waals surface area contributed by atoms with Gasteiger partial charge in [-0.25, -0.2) is 17.6 Å². The maximum absolute atomic E-state index is 13.1. The summed E-state index contributed by atoms with van der Waals surface area (Å²) in [6.45, 7) is 3.15. The second-order valence-corrected chi connectivity index (χ2v) is 4.12. The molecule has 0 atom stereocenters. The minimum atomic E-state index is -1.80. The summed E-state index contributed by atoms with van der Waals surface area (Å²) in [5.74, 6) is -6.39. The largest absolute Gasteiger partial charge is 0.325 e. The van der Waals surface area contributed by atoms with Gasteiger partial charge in [-0.05, 0) is 31.9 Å². The Balaban J connectivity index is 3.21. The molecule has 0 saturated heterocycles. The fourth-order valence-corrected chi connectivity index (χ4v) is 1.24. The molecular weight excluding hydrogens is 210 g/mol. The molecule has 0 bridgehead atoms. The third-order valence-corrected chi connectivity index (χ3v) is 1.82. The zero-order valence-electron chi connectivity index (χ0n) is 8.37. The number of hydrogen-bond acceptors (Lipinski definition) is 1. The molecular formula is C10H11F4N. The fourth-order valence-electron chi connectivity index (χ4n) is 1.24. The van der Waals surface area contributed by atoms with Crippen LogP contribution in [0, 0.1) is 23.3 Å². The standard InChI is InChI=1S/C10H11F4N/c1-10(2,15)4-5-3-6(11)8(13)9(14)7(5)12/h3H,4,15H2,1-2H3. The van der Waals surface area contributed by atoms with E-state index in [4.69, 9.17) is 5.73 Å². The van der Waals surface area contributed by atoms with Gasteiger partial charge in [0.1, 0.15) is 0 Å². The van der Waals surface area contributed by atoms with Crippen molar-refractivity contribution in [1.29, 1.82) is 0 Å². The van der Waals surface area contributed by atoms with Crippen molar-refractivity contribution in [2.24, 2.45) is 5.73 Å². The monoisotopic (exact) mass is 221 g/mol. The molecule has 84 valence electrons. The van der Waals surface area contributed by atoms with Gasteiger partial charge >= 0.3 is 0 Å². The quantitative estimate of drug-likeness (QED) is 0.463. The highest BCUT2D eigenvalue weighted by Gasteiger charge is 2.22. The van der Waals surface area contributed by atoms with Crippen molar-refractivity contribution in [1.82, 2.24) is 0 Å². The van der Waals surface area contributed by atoms with Crippen LogP contribution in [0.2, 0.25) is 0 Å². The van der Waals surface area contributed by atoms with Crippen molar-refractivity contribution < 1.29 is 17.6 Å². The van der Waals surface area contributed by atoms with Gasteiger partial charge in [0.05, 0.1) is 0 Å². The van der Waals surface area contributed by atoms with E-state index in [1.807, 2.05) is 0 Å². The highest BCUT2D eigenvalue weighted by Crippen LogP contribution is 2.21. The maximum atomic E-state index is 13.1. The van der Waals surface area contributed by atoms with Crippen molar-refractivity contribution in [3.8, 4) is 0 Å². The summed E-state index contributed by atoms with van der Waals surface area (Å²) in [7, 11) is 0. The molecule has 0 aromatic heterocycles. The Kier molecular flexibility index (Phi) is 3.04. The predicted octanol–water partition coefficient (Wildman–Crippen LogP) is 2.52. The Hall–Kier alpha value is -1.10. The van der Waals surface area contributed by atoms with Gasteiger partial charge in [0.15, 0.2) is 23.3 Å². The molecule has 2 N–H and O–H groups in total. The summed E-state index contributed by atoms with van der Waals surface area (Å²) >= 11 is 0. The Morgan fingerprint density at radius 1 is 1.07 bits per heavy atom. The number of benzene rings is 1. The Labute approximate surface area is 84.9 Å². The van der Waals surface area contributed by atoms with E-state index in [-0.39, 0.29) is 12.0 Å². The van der Waals surface area contributed by atoms with Gasteiger partial charge in [0.25, 0.3) is 0 Å². The van der Waals surface area contributed by atoms with E-state index in [1.54, 1.807) is 13.8 Å². The molecule has 15 heavy (non-hydrogen) atoms. The van der Waals surface area contributed by atoms with Gasteiger partial charge in [0, 0.05) is 5.54 Å². The molecule has 0 amide bonds. The van der Waals surface area contributed by atoms with Crippen LogP contribution in [0.1, 0.15) is 19.4 Å². The van der Waals surface area contributed by atoms with Crippen LogP contribution in [0.15, 0.2) is 6.07 Å². The van der Waals surface area contributed by atoms with Crippen LogP contribution < -0.4 is 5.73 Å². The number of hydrogen-bond donors (Lipinski definition) is 1. The van der Waals surface area contributed by atoms with Crippen molar-refractivity contribution in [2.75, 3.05) is 0 Å². The maximum Gasteiger partial charge on any atom is 0.197 e. The topological polar surface area (TPSA) is 26.0 Å². The smallest absolute Gasteiger partial charge is 0.197 e. The van der Waals surface area contributed by atoms with Crippen molar-refractivity contribution in [2.45, 2.75) is 25.8 Å². The molecule has 0 aliphatic carbocycles. The summed E-state index contributed by atoms with van der Waals surface area (Å²) in [6.07, 6.45) is -0.0764.